The zero-order chi connectivity index (χ0) is 22.8. The van der Waals surface area contributed by atoms with Gasteiger partial charge < -0.3 is 15.1 Å². The number of benzene rings is 1. The Labute approximate surface area is 201 Å². The molecule has 1 aromatic carbocycles. The lowest BCUT2D eigenvalue weighted by atomic mass is 9.89. The Bertz CT molecular complexity index is 1280. The lowest BCUT2D eigenvalue weighted by molar-refractivity contribution is 0.0997. The van der Waals surface area contributed by atoms with Gasteiger partial charge in [-0.05, 0) is 85.7 Å². The first-order chi connectivity index (χ1) is 16.1. The molecule has 0 saturated carbocycles. The monoisotopic (exact) mass is 477 g/mol. The van der Waals surface area contributed by atoms with Gasteiger partial charge >= 0.3 is 0 Å². The molecule has 2 N–H and O–H groups in total. The van der Waals surface area contributed by atoms with Crippen molar-refractivity contribution in [3.8, 4) is 0 Å². The molecule has 3 aromatic heterocycles. The molecule has 1 aliphatic carbocycles. The van der Waals surface area contributed by atoms with Crippen LogP contribution in [0.25, 0.3) is 0 Å². The third kappa shape index (κ3) is 4.68. The van der Waals surface area contributed by atoms with Gasteiger partial charge in [-0.2, -0.15) is 0 Å². The van der Waals surface area contributed by atoms with Gasteiger partial charge in [-0.1, -0.05) is 23.7 Å². The number of hydrogen-bond donors (Lipinski definition) is 2. The van der Waals surface area contributed by atoms with Crippen molar-refractivity contribution in [1.82, 2.24) is 4.98 Å². The highest BCUT2D eigenvalue weighted by atomic mass is 35.5. The summed E-state index contributed by atoms with van der Waals surface area (Å²) in [6.07, 6.45) is 7.61. The molecule has 0 bridgehead atoms. The summed E-state index contributed by atoms with van der Waals surface area (Å²) < 4.78 is 5.33. The number of furan rings is 1. The fraction of sp³-hybridized carbons (Fsp3) is 0.231. The van der Waals surface area contributed by atoms with Crippen molar-refractivity contribution in [3.05, 3.63) is 98.9 Å². The van der Waals surface area contributed by atoms with Gasteiger partial charge in [-0.25, -0.2) is 4.98 Å². The van der Waals surface area contributed by atoms with Crippen LogP contribution in [0.1, 0.15) is 56.6 Å². The second-order valence-electron chi connectivity index (χ2n) is 8.24. The van der Waals surface area contributed by atoms with E-state index in [4.69, 9.17) is 16.0 Å². The molecule has 0 fully saturated rings. The number of nitrogens with one attached hydrogen (secondary N) is 2. The minimum absolute atomic E-state index is 0.219. The van der Waals surface area contributed by atoms with Gasteiger partial charge in [-0.15, -0.1) is 11.3 Å². The van der Waals surface area contributed by atoms with E-state index < -0.39 is 0 Å². The second kappa shape index (κ2) is 9.41. The van der Waals surface area contributed by atoms with Gasteiger partial charge in [0.15, 0.2) is 5.76 Å². The van der Waals surface area contributed by atoms with Crippen molar-refractivity contribution in [2.24, 2.45) is 0 Å². The van der Waals surface area contributed by atoms with Crippen molar-refractivity contribution in [1.29, 1.82) is 0 Å². The molecule has 5 rings (SSSR count). The Hall–Kier alpha value is -3.09. The Morgan fingerprint density at radius 1 is 1.15 bits per heavy atom. The van der Waals surface area contributed by atoms with E-state index in [9.17, 15) is 4.79 Å². The molecule has 5 nitrogen and oxygen atoms in total. The lowest BCUT2D eigenvalue weighted by Crippen LogP contribution is -2.19. The van der Waals surface area contributed by atoms with Crippen LogP contribution in [0, 0.1) is 6.92 Å². The van der Waals surface area contributed by atoms with Crippen LogP contribution in [0.4, 0.5) is 10.8 Å². The van der Waals surface area contributed by atoms with Crippen molar-refractivity contribution in [2.75, 3.05) is 10.6 Å². The number of pyridine rings is 1. The molecule has 7 heteroatoms. The summed E-state index contributed by atoms with van der Waals surface area (Å²) in [6.45, 7) is 2.04. The smallest absolute Gasteiger partial charge is 0.291 e. The predicted molar refractivity (Wildman–Crippen MR) is 134 cm³/mol. The van der Waals surface area contributed by atoms with E-state index in [0.717, 1.165) is 53.2 Å². The molecule has 1 aliphatic rings. The van der Waals surface area contributed by atoms with Crippen molar-refractivity contribution in [2.45, 2.75) is 38.6 Å². The summed E-state index contributed by atoms with van der Waals surface area (Å²) in [5.41, 5.74) is 4.54. The molecular formula is C26H24ClN3O2S. The summed E-state index contributed by atoms with van der Waals surface area (Å²) in [7, 11) is 0. The van der Waals surface area contributed by atoms with Gasteiger partial charge in [0, 0.05) is 21.7 Å². The number of amides is 1. The quantitative estimate of drug-likeness (QED) is 0.313. The molecule has 1 atom stereocenters. The molecule has 0 unspecified atom stereocenters. The number of halogens is 1. The first-order valence-corrected chi connectivity index (χ1v) is 12.2. The maximum absolute atomic E-state index is 12.9. The number of anilines is 2. The molecule has 168 valence electrons. The SMILES string of the molecule is Cc1ccnc(N[C@@H](c2cccc(Cl)c2)c2c(NC(=O)c3ccco3)sc3c2CCCC3)c1. The van der Waals surface area contributed by atoms with Crippen LogP contribution < -0.4 is 10.6 Å². The van der Waals surface area contributed by atoms with E-state index in [-0.39, 0.29) is 11.9 Å². The third-order valence-corrected chi connectivity index (χ3v) is 7.32. The molecule has 3 heterocycles. The van der Waals surface area contributed by atoms with Gasteiger partial charge in [-0.3, -0.25) is 4.79 Å². The highest BCUT2D eigenvalue weighted by molar-refractivity contribution is 7.16. The molecule has 4 aromatic rings. The number of nitrogens with zero attached hydrogens (tertiary/aromatic N) is 1. The molecule has 0 spiro atoms. The zero-order valence-corrected chi connectivity index (χ0v) is 19.8. The minimum Gasteiger partial charge on any atom is -0.459 e. The predicted octanol–water partition coefficient (Wildman–Crippen LogP) is 7.03. The van der Waals surface area contributed by atoms with Crippen LogP contribution >= 0.6 is 22.9 Å². The number of hydrogen-bond acceptors (Lipinski definition) is 5. The normalized spacial score (nSPS) is 13.9. The van der Waals surface area contributed by atoms with E-state index in [2.05, 4.69) is 21.7 Å². The summed E-state index contributed by atoms with van der Waals surface area (Å²) in [5, 5.41) is 8.26. The molecule has 33 heavy (non-hydrogen) atoms. The van der Waals surface area contributed by atoms with Crippen LogP contribution in [0.3, 0.4) is 0 Å². The zero-order valence-electron chi connectivity index (χ0n) is 18.2. The molecule has 1 amide bonds. The van der Waals surface area contributed by atoms with Crippen molar-refractivity contribution < 1.29 is 9.21 Å². The maximum atomic E-state index is 12.9. The van der Waals surface area contributed by atoms with E-state index in [1.807, 2.05) is 37.3 Å². The third-order valence-electron chi connectivity index (χ3n) is 5.86. The average Bonchev–Trinajstić information content (AvgIpc) is 3.46. The largest absolute Gasteiger partial charge is 0.459 e. The van der Waals surface area contributed by atoms with Crippen LogP contribution in [-0.4, -0.2) is 10.9 Å². The maximum Gasteiger partial charge on any atom is 0.291 e. The van der Waals surface area contributed by atoms with Crippen LogP contribution in [-0.2, 0) is 12.8 Å². The van der Waals surface area contributed by atoms with Crippen LogP contribution in [0.2, 0.25) is 5.02 Å². The van der Waals surface area contributed by atoms with Gasteiger partial charge in [0.25, 0.3) is 5.91 Å². The summed E-state index contributed by atoms with van der Waals surface area (Å²) in [5.74, 6) is 0.817. The molecular weight excluding hydrogens is 454 g/mol. The van der Waals surface area contributed by atoms with Crippen molar-refractivity contribution >= 4 is 39.7 Å². The highest BCUT2D eigenvalue weighted by Gasteiger charge is 2.29. The molecule has 0 saturated heterocycles. The molecule has 0 radical (unpaired) electrons. The van der Waals surface area contributed by atoms with E-state index >= 15 is 0 Å². The minimum atomic E-state index is -0.252. The topological polar surface area (TPSA) is 67.2 Å². The second-order valence-corrected chi connectivity index (χ2v) is 9.78. The van der Waals surface area contributed by atoms with Gasteiger partial charge in [0.1, 0.15) is 10.8 Å². The van der Waals surface area contributed by atoms with E-state index in [1.54, 1.807) is 29.7 Å². The summed E-state index contributed by atoms with van der Waals surface area (Å²) >= 11 is 8.05. The number of aryl methyl sites for hydroxylation is 2. The lowest BCUT2D eigenvalue weighted by Gasteiger charge is -2.24. The van der Waals surface area contributed by atoms with Gasteiger partial charge in [0.2, 0.25) is 0 Å². The number of fused-ring (bicyclic) bond motifs is 1. The standard InChI is InChI=1S/C26H24ClN3O2S/c1-16-11-12-28-22(14-16)29-24(17-6-4-7-18(27)15-17)23-19-8-2-3-10-21(19)33-26(23)30-25(31)20-9-5-13-32-20/h4-7,9,11-15,24H,2-3,8,10H2,1H3,(H,28,29)(H,30,31)/t24-/m0/s1. The highest BCUT2D eigenvalue weighted by Crippen LogP contribution is 2.44. The first kappa shape index (κ1) is 21.7. The van der Waals surface area contributed by atoms with Crippen LogP contribution in [0.5, 0.6) is 0 Å². The Kier molecular flexibility index (Phi) is 6.20. The van der Waals surface area contributed by atoms with Crippen LogP contribution in [0.15, 0.2) is 65.4 Å². The summed E-state index contributed by atoms with van der Waals surface area (Å²) in [6, 6.07) is 15.0. The Balaban J connectivity index is 1.62. The number of rotatable bonds is 6. The number of aromatic nitrogens is 1. The number of carbonyl (C=O) groups excluding carboxylic acids is 1. The van der Waals surface area contributed by atoms with Gasteiger partial charge in [0.05, 0.1) is 12.3 Å². The van der Waals surface area contributed by atoms with Crippen molar-refractivity contribution in [3.63, 3.8) is 0 Å². The Morgan fingerprint density at radius 2 is 2.03 bits per heavy atom. The molecule has 0 aliphatic heterocycles. The Morgan fingerprint density at radius 3 is 2.82 bits per heavy atom. The number of thiophene rings is 1. The van der Waals surface area contributed by atoms with E-state index in [1.165, 1.54) is 16.7 Å². The van der Waals surface area contributed by atoms with E-state index in [0.29, 0.717) is 10.8 Å². The summed E-state index contributed by atoms with van der Waals surface area (Å²) in [4.78, 5) is 18.8. The fourth-order valence-electron chi connectivity index (χ4n) is 4.33. The first-order valence-electron chi connectivity index (χ1n) is 11.0. The fourth-order valence-corrected chi connectivity index (χ4v) is 5.85. The number of carbonyl (C=O) groups is 1. The average molecular weight is 478 g/mol.